The fourth-order valence-corrected chi connectivity index (χ4v) is 6.40. The molecule has 0 radical (unpaired) electrons. The van der Waals surface area contributed by atoms with Crippen molar-refractivity contribution < 1.29 is 17.9 Å². The maximum Gasteiger partial charge on any atom is 0.260 e. The SMILES string of the molecule is C=C/C(F)=C(/Cc1c(C)c(-c2cccc(OC)c2F)c(=O)n2c1SCC2CN1CCN(C)CC1)C(=C)F. The van der Waals surface area contributed by atoms with E-state index in [4.69, 9.17) is 4.74 Å². The highest BCUT2D eigenvalue weighted by Crippen LogP contribution is 2.41. The second-order valence-electron chi connectivity index (χ2n) is 9.46. The first kappa shape index (κ1) is 27.3. The molecule has 1 fully saturated rings. The average molecular weight is 532 g/mol. The molecule has 37 heavy (non-hydrogen) atoms. The third kappa shape index (κ3) is 5.30. The minimum Gasteiger partial charge on any atom is -0.494 e. The van der Waals surface area contributed by atoms with Crippen LogP contribution >= 0.6 is 11.8 Å². The van der Waals surface area contributed by atoms with Gasteiger partial charge in [0.15, 0.2) is 11.6 Å². The summed E-state index contributed by atoms with van der Waals surface area (Å²) in [4.78, 5) is 18.6. The van der Waals surface area contributed by atoms with Crippen LogP contribution in [-0.4, -0.2) is 67.0 Å². The second-order valence-corrected chi connectivity index (χ2v) is 10.5. The molecule has 0 bridgehead atoms. The van der Waals surface area contributed by atoms with E-state index in [9.17, 15) is 13.6 Å². The van der Waals surface area contributed by atoms with Gasteiger partial charge in [-0.2, -0.15) is 0 Å². The van der Waals surface area contributed by atoms with Crippen molar-refractivity contribution in [3.63, 3.8) is 0 Å². The van der Waals surface area contributed by atoms with Gasteiger partial charge in [-0.1, -0.05) is 25.3 Å². The molecular weight excluding hydrogens is 499 g/mol. The Morgan fingerprint density at radius 3 is 2.57 bits per heavy atom. The molecule has 1 aromatic carbocycles. The molecule has 9 heteroatoms. The van der Waals surface area contributed by atoms with Gasteiger partial charge in [-0.25, -0.2) is 13.2 Å². The number of hydrogen-bond donors (Lipinski definition) is 0. The number of piperazine rings is 1. The lowest BCUT2D eigenvalue weighted by Crippen LogP contribution is -2.47. The number of rotatable bonds is 8. The Hall–Kier alpha value is -2.75. The number of methoxy groups -OCH3 is 1. The Balaban J connectivity index is 1.91. The number of hydrogen-bond acceptors (Lipinski definition) is 5. The van der Waals surface area contributed by atoms with E-state index in [0.717, 1.165) is 32.3 Å². The van der Waals surface area contributed by atoms with Crippen molar-refractivity contribution in [1.29, 1.82) is 0 Å². The van der Waals surface area contributed by atoms with E-state index in [0.29, 0.717) is 28.5 Å². The van der Waals surface area contributed by atoms with Crippen LogP contribution in [0.15, 0.2) is 64.5 Å². The topological polar surface area (TPSA) is 37.7 Å². The summed E-state index contributed by atoms with van der Waals surface area (Å²) in [6.07, 6.45) is 0.804. The van der Waals surface area contributed by atoms with E-state index < -0.39 is 17.5 Å². The number of ether oxygens (including phenoxy) is 1. The molecule has 0 saturated carbocycles. The van der Waals surface area contributed by atoms with E-state index in [-0.39, 0.29) is 40.5 Å². The summed E-state index contributed by atoms with van der Waals surface area (Å²) < 4.78 is 51.2. The van der Waals surface area contributed by atoms with Gasteiger partial charge in [0.1, 0.15) is 11.7 Å². The van der Waals surface area contributed by atoms with E-state index in [1.807, 2.05) is 0 Å². The molecule has 0 amide bonds. The van der Waals surface area contributed by atoms with E-state index in [1.165, 1.54) is 31.0 Å². The van der Waals surface area contributed by atoms with Gasteiger partial charge in [-0.15, -0.1) is 11.8 Å². The molecular formula is C28H32F3N3O2S. The summed E-state index contributed by atoms with van der Waals surface area (Å²) in [7, 11) is 3.44. The summed E-state index contributed by atoms with van der Waals surface area (Å²) in [5.74, 6) is -1.73. The van der Waals surface area contributed by atoms with E-state index >= 15 is 4.39 Å². The Bertz CT molecular complexity index is 1310. The van der Waals surface area contributed by atoms with Crippen molar-refractivity contribution in [2.24, 2.45) is 0 Å². The molecule has 2 aromatic rings. The van der Waals surface area contributed by atoms with Crippen molar-refractivity contribution in [1.82, 2.24) is 14.4 Å². The van der Waals surface area contributed by atoms with Crippen molar-refractivity contribution in [3.05, 3.63) is 82.0 Å². The summed E-state index contributed by atoms with van der Waals surface area (Å²) in [5, 5.41) is 0.657. The molecule has 1 saturated heterocycles. The number of allylic oxidation sites excluding steroid dienone is 4. The van der Waals surface area contributed by atoms with Crippen LogP contribution in [0, 0.1) is 12.7 Å². The molecule has 4 rings (SSSR count). The van der Waals surface area contributed by atoms with Crippen molar-refractivity contribution in [3.8, 4) is 16.9 Å². The molecule has 0 spiro atoms. The molecule has 1 unspecified atom stereocenters. The van der Waals surface area contributed by atoms with Crippen molar-refractivity contribution >= 4 is 11.8 Å². The number of nitrogens with zero attached hydrogens (tertiary/aromatic N) is 3. The standard InChI is InChI=1S/C28H32F3N3O2S/c1-6-23(30)22(18(3)29)14-21-17(2)25(20-8-7-9-24(36-5)26(20)31)27(35)34-19(16-37-28(21)34)15-33-12-10-32(4)11-13-33/h6-9,19H,1,3,10-16H2,2,4-5H3/b23-22+. The van der Waals surface area contributed by atoms with Gasteiger partial charge in [0.25, 0.3) is 5.56 Å². The second kappa shape index (κ2) is 11.3. The minimum atomic E-state index is -0.909. The molecule has 1 atom stereocenters. The zero-order valence-electron chi connectivity index (χ0n) is 21.5. The van der Waals surface area contributed by atoms with Crippen LogP contribution in [-0.2, 0) is 6.42 Å². The number of pyridine rings is 1. The highest BCUT2D eigenvalue weighted by atomic mass is 32.2. The lowest BCUT2D eigenvalue weighted by molar-refractivity contribution is 0.140. The van der Waals surface area contributed by atoms with Gasteiger partial charge >= 0.3 is 0 Å². The van der Waals surface area contributed by atoms with Crippen LogP contribution in [0.4, 0.5) is 13.2 Å². The van der Waals surface area contributed by atoms with Gasteiger partial charge in [0.2, 0.25) is 0 Å². The normalized spacial score (nSPS) is 18.9. The molecule has 0 N–H and O–H groups in total. The van der Waals surface area contributed by atoms with Crippen LogP contribution in [0.3, 0.4) is 0 Å². The Kier molecular flexibility index (Phi) is 8.36. The molecule has 2 aliphatic rings. The molecule has 3 heterocycles. The monoisotopic (exact) mass is 531 g/mol. The first-order valence-electron chi connectivity index (χ1n) is 12.2. The van der Waals surface area contributed by atoms with Crippen molar-refractivity contribution in [2.45, 2.75) is 24.4 Å². The average Bonchev–Trinajstić information content (AvgIpc) is 3.29. The van der Waals surface area contributed by atoms with Gasteiger partial charge in [-0.05, 0) is 37.2 Å². The fourth-order valence-electron chi connectivity index (χ4n) is 5.03. The number of aromatic nitrogens is 1. The van der Waals surface area contributed by atoms with Crippen LogP contribution in [0.2, 0.25) is 0 Å². The minimum absolute atomic E-state index is 0.0159. The number of benzene rings is 1. The first-order chi connectivity index (χ1) is 17.7. The maximum atomic E-state index is 15.4. The molecule has 1 aromatic heterocycles. The highest BCUT2D eigenvalue weighted by molar-refractivity contribution is 7.99. The van der Waals surface area contributed by atoms with Gasteiger partial charge < -0.3 is 9.64 Å². The first-order valence-corrected chi connectivity index (χ1v) is 13.2. The van der Waals surface area contributed by atoms with Crippen LogP contribution in [0.1, 0.15) is 17.2 Å². The van der Waals surface area contributed by atoms with Crippen molar-refractivity contribution in [2.75, 3.05) is 52.6 Å². The zero-order valence-corrected chi connectivity index (χ0v) is 22.3. The van der Waals surface area contributed by atoms with E-state index in [2.05, 4.69) is 30.0 Å². The van der Waals surface area contributed by atoms with Gasteiger partial charge in [0.05, 0.1) is 23.7 Å². The number of fused-ring (bicyclic) bond motifs is 1. The lowest BCUT2D eigenvalue weighted by Gasteiger charge is -2.34. The summed E-state index contributed by atoms with van der Waals surface area (Å²) in [6, 6.07) is 4.48. The molecule has 0 aliphatic carbocycles. The van der Waals surface area contributed by atoms with Crippen LogP contribution in [0.25, 0.3) is 11.1 Å². The molecule has 198 valence electrons. The van der Waals surface area contributed by atoms with Gasteiger partial charge in [-0.3, -0.25) is 14.3 Å². The Morgan fingerprint density at radius 2 is 1.95 bits per heavy atom. The lowest BCUT2D eigenvalue weighted by atomic mass is 9.93. The number of halogens is 3. The molecule has 2 aliphatic heterocycles. The Morgan fingerprint density at radius 1 is 1.24 bits per heavy atom. The number of likely N-dealkylation sites (N-methyl/N-ethyl adjacent to an activating group) is 1. The molecule has 5 nitrogen and oxygen atoms in total. The van der Waals surface area contributed by atoms with E-state index in [1.54, 1.807) is 17.6 Å². The highest BCUT2D eigenvalue weighted by Gasteiger charge is 2.33. The number of thioether (sulfide) groups is 1. The quantitative estimate of drug-likeness (QED) is 0.432. The Labute approximate surface area is 219 Å². The van der Waals surface area contributed by atoms with Crippen LogP contribution in [0.5, 0.6) is 5.75 Å². The largest absolute Gasteiger partial charge is 0.494 e. The summed E-state index contributed by atoms with van der Waals surface area (Å²) in [6.45, 7) is 12.7. The third-order valence-electron chi connectivity index (χ3n) is 7.18. The predicted octanol–water partition coefficient (Wildman–Crippen LogP) is 5.30. The zero-order chi connectivity index (χ0) is 26.9. The maximum absolute atomic E-state index is 15.4. The van der Waals surface area contributed by atoms with Gasteiger partial charge in [0, 0.05) is 56.0 Å². The smallest absolute Gasteiger partial charge is 0.260 e. The third-order valence-corrected chi connectivity index (χ3v) is 8.45. The fraction of sp³-hybridized carbons (Fsp3) is 0.393. The predicted molar refractivity (Wildman–Crippen MR) is 143 cm³/mol. The summed E-state index contributed by atoms with van der Waals surface area (Å²) in [5.41, 5.74) is 0.771. The van der Waals surface area contributed by atoms with Crippen LogP contribution < -0.4 is 10.3 Å². The summed E-state index contributed by atoms with van der Waals surface area (Å²) >= 11 is 1.49.